The molecule has 1 N–H and O–H groups in total. The third-order valence-corrected chi connectivity index (χ3v) is 6.15. The number of rotatable bonds is 4. The lowest BCUT2D eigenvalue weighted by Gasteiger charge is -2.29. The average molecular weight is 403 g/mol. The molecule has 3 rings (SSSR count). The highest BCUT2D eigenvalue weighted by Crippen LogP contribution is 2.47. The van der Waals surface area contributed by atoms with Crippen LogP contribution in [0.25, 0.3) is 0 Å². The summed E-state index contributed by atoms with van der Waals surface area (Å²) in [5.41, 5.74) is 0.414. The first-order valence-electron chi connectivity index (χ1n) is 7.67. The number of carbonyl (C=O) groups is 3. The molecule has 25 heavy (non-hydrogen) atoms. The van der Waals surface area contributed by atoms with Gasteiger partial charge in [-0.2, -0.15) is 0 Å². The summed E-state index contributed by atoms with van der Waals surface area (Å²) in [6.07, 6.45) is 1.15. The summed E-state index contributed by atoms with van der Waals surface area (Å²) in [5, 5.41) is 3.33. The second kappa shape index (κ2) is 7.05. The van der Waals surface area contributed by atoms with Crippen molar-refractivity contribution in [1.82, 2.24) is 4.90 Å². The maximum atomic E-state index is 12.3. The number of carbonyl (C=O) groups excluding carboxylic acids is 3. The van der Waals surface area contributed by atoms with Gasteiger partial charge in [-0.3, -0.25) is 9.59 Å². The molecule has 2 heterocycles. The van der Waals surface area contributed by atoms with Crippen molar-refractivity contribution < 1.29 is 19.1 Å². The largest absolute Gasteiger partial charge is 0.454 e. The number of halogens is 2. The molecule has 0 spiro atoms. The Bertz CT molecular complexity index is 725. The molecule has 9 heteroatoms. The van der Waals surface area contributed by atoms with Gasteiger partial charge < -0.3 is 15.0 Å². The molecular formula is C16H16Cl2N2O4S. The number of nitrogens with one attached hydrogen (secondary N) is 1. The van der Waals surface area contributed by atoms with E-state index >= 15 is 0 Å². The lowest BCUT2D eigenvalue weighted by Crippen LogP contribution is -2.47. The first-order valence-corrected chi connectivity index (χ1v) is 9.41. The van der Waals surface area contributed by atoms with Crippen molar-refractivity contribution in [3.63, 3.8) is 0 Å². The molecule has 0 radical (unpaired) electrons. The monoisotopic (exact) mass is 402 g/mol. The Hall–Kier alpha value is -1.44. The summed E-state index contributed by atoms with van der Waals surface area (Å²) in [6, 6.07) is 3.98. The second-order valence-corrected chi connectivity index (χ2v) is 8.45. The topological polar surface area (TPSA) is 75.7 Å². The zero-order valence-corrected chi connectivity index (χ0v) is 15.7. The van der Waals surface area contributed by atoms with Gasteiger partial charge >= 0.3 is 5.97 Å². The summed E-state index contributed by atoms with van der Waals surface area (Å²) in [6.45, 7) is 1.51. The molecule has 0 aromatic heterocycles. The number of hydrogen-bond acceptors (Lipinski definition) is 5. The van der Waals surface area contributed by atoms with Gasteiger partial charge in [-0.15, -0.1) is 11.8 Å². The Morgan fingerprint density at radius 2 is 2.04 bits per heavy atom. The van der Waals surface area contributed by atoms with Crippen LogP contribution in [-0.2, 0) is 19.1 Å². The van der Waals surface area contributed by atoms with Crippen molar-refractivity contribution in [3.05, 3.63) is 28.2 Å². The lowest BCUT2D eigenvalue weighted by molar-refractivity contribution is -0.155. The third-order valence-electron chi connectivity index (χ3n) is 4.21. The number of ether oxygens (including phenoxy) is 1. The van der Waals surface area contributed by atoms with Crippen LogP contribution in [-0.4, -0.2) is 46.0 Å². The number of amides is 2. The van der Waals surface area contributed by atoms with Crippen LogP contribution in [0.1, 0.15) is 19.8 Å². The quantitative estimate of drug-likeness (QED) is 0.783. The molecule has 6 nitrogen and oxygen atoms in total. The van der Waals surface area contributed by atoms with Crippen molar-refractivity contribution in [3.8, 4) is 0 Å². The zero-order chi connectivity index (χ0) is 18.2. The van der Waals surface area contributed by atoms with Gasteiger partial charge in [0.2, 0.25) is 5.91 Å². The maximum Gasteiger partial charge on any atom is 0.330 e. The molecule has 2 aliphatic heterocycles. The van der Waals surface area contributed by atoms with E-state index in [0.717, 1.165) is 6.42 Å². The summed E-state index contributed by atoms with van der Waals surface area (Å²) in [4.78, 5) is 37.5. The molecule has 2 saturated heterocycles. The molecule has 2 amide bonds. The number of benzene rings is 1. The van der Waals surface area contributed by atoms with Gasteiger partial charge in [-0.1, -0.05) is 23.2 Å². The van der Waals surface area contributed by atoms with Crippen LogP contribution in [0.3, 0.4) is 0 Å². The zero-order valence-electron chi connectivity index (χ0n) is 13.4. The summed E-state index contributed by atoms with van der Waals surface area (Å²) >= 11 is 13.3. The lowest BCUT2D eigenvalue weighted by atomic mass is 10.2. The van der Waals surface area contributed by atoms with Crippen molar-refractivity contribution in [1.29, 1.82) is 0 Å². The molecule has 0 bridgehead atoms. The van der Waals surface area contributed by atoms with Gasteiger partial charge in [-0.25, -0.2) is 4.79 Å². The van der Waals surface area contributed by atoms with E-state index in [1.54, 1.807) is 22.7 Å². The highest BCUT2D eigenvalue weighted by molar-refractivity contribution is 8.01. The Labute approximate surface area is 159 Å². The van der Waals surface area contributed by atoms with Gasteiger partial charge in [0, 0.05) is 27.9 Å². The number of thioether (sulfide) groups is 1. The van der Waals surface area contributed by atoms with Gasteiger partial charge in [-0.05, 0) is 31.5 Å². The highest BCUT2D eigenvalue weighted by Gasteiger charge is 2.53. The van der Waals surface area contributed by atoms with Crippen molar-refractivity contribution in [2.45, 2.75) is 30.7 Å². The number of hydrogen-bond donors (Lipinski definition) is 1. The van der Waals surface area contributed by atoms with Crippen LogP contribution in [0.5, 0.6) is 0 Å². The third kappa shape index (κ3) is 3.88. The molecule has 134 valence electrons. The molecule has 0 aliphatic carbocycles. The Morgan fingerprint density at radius 3 is 2.72 bits per heavy atom. The molecular weight excluding hydrogens is 387 g/mol. The Kier molecular flexibility index (Phi) is 5.18. The number of esters is 1. The van der Waals surface area contributed by atoms with E-state index in [0.29, 0.717) is 27.9 Å². The number of fused-ring (bicyclic) bond motifs is 1. The maximum absolute atomic E-state index is 12.3. The minimum absolute atomic E-state index is 0.0486. The van der Waals surface area contributed by atoms with E-state index in [9.17, 15) is 14.4 Å². The minimum Gasteiger partial charge on any atom is -0.454 e. The normalized spacial score (nSPS) is 25.0. The van der Waals surface area contributed by atoms with Crippen LogP contribution < -0.4 is 5.32 Å². The first-order chi connectivity index (χ1) is 11.8. The molecule has 0 saturated carbocycles. The SMILES string of the molecule is C[C@@]12CCC(=O)N1[C@H](C(=O)OCC(=O)Nc1cc(Cl)cc(Cl)c1)CS2. The van der Waals surface area contributed by atoms with Crippen LogP contribution in [0.4, 0.5) is 5.69 Å². The average Bonchev–Trinajstić information content (AvgIpc) is 3.01. The molecule has 0 unspecified atom stereocenters. The molecule has 2 atom stereocenters. The van der Waals surface area contributed by atoms with Crippen LogP contribution in [0.2, 0.25) is 10.0 Å². The predicted molar refractivity (Wildman–Crippen MR) is 96.8 cm³/mol. The first kappa shape index (κ1) is 18.4. The fraction of sp³-hybridized carbons (Fsp3) is 0.438. The van der Waals surface area contributed by atoms with Crippen LogP contribution in [0.15, 0.2) is 18.2 Å². The van der Waals surface area contributed by atoms with E-state index in [1.807, 2.05) is 6.92 Å². The molecule has 2 aliphatic rings. The van der Waals surface area contributed by atoms with E-state index in [1.165, 1.54) is 12.1 Å². The van der Waals surface area contributed by atoms with Crippen LogP contribution >= 0.6 is 35.0 Å². The van der Waals surface area contributed by atoms with Gasteiger partial charge in [0.05, 0.1) is 4.87 Å². The standard InChI is InChI=1S/C16H16Cl2N2O4S/c1-16-3-2-14(22)20(16)12(8-25-16)15(23)24-7-13(21)19-11-5-9(17)4-10(18)6-11/h4-6,12H,2-3,7-8H2,1H3,(H,19,21)/t12-,16+/m0/s1. The van der Waals surface area contributed by atoms with Crippen molar-refractivity contribution in [2.24, 2.45) is 0 Å². The van der Waals surface area contributed by atoms with E-state index in [-0.39, 0.29) is 10.8 Å². The predicted octanol–water partition coefficient (Wildman–Crippen LogP) is 2.93. The Balaban J connectivity index is 1.55. The van der Waals surface area contributed by atoms with E-state index in [2.05, 4.69) is 5.32 Å². The van der Waals surface area contributed by atoms with Gasteiger partial charge in [0.1, 0.15) is 6.04 Å². The number of anilines is 1. The summed E-state index contributed by atoms with van der Waals surface area (Å²) < 4.78 is 5.10. The van der Waals surface area contributed by atoms with Crippen molar-refractivity contribution >= 4 is 58.4 Å². The Morgan fingerprint density at radius 1 is 1.36 bits per heavy atom. The minimum atomic E-state index is -0.640. The molecule has 1 aromatic rings. The highest BCUT2D eigenvalue weighted by atomic mass is 35.5. The molecule has 1 aromatic carbocycles. The van der Waals surface area contributed by atoms with Crippen LogP contribution in [0, 0.1) is 0 Å². The van der Waals surface area contributed by atoms with E-state index < -0.39 is 24.5 Å². The molecule has 2 fully saturated rings. The summed E-state index contributed by atoms with van der Waals surface area (Å²) in [7, 11) is 0. The van der Waals surface area contributed by atoms with Crippen molar-refractivity contribution in [2.75, 3.05) is 17.7 Å². The van der Waals surface area contributed by atoms with Gasteiger partial charge in [0.15, 0.2) is 6.61 Å². The van der Waals surface area contributed by atoms with Gasteiger partial charge in [0.25, 0.3) is 5.91 Å². The van der Waals surface area contributed by atoms with E-state index in [4.69, 9.17) is 27.9 Å². The summed E-state index contributed by atoms with van der Waals surface area (Å²) in [5.74, 6) is -0.641. The smallest absolute Gasteiger partial charge is 0.330 e. The second-order valence-electron chi connectivity index (χ2n) is 6.08. The fourth-order valence-electron chi connectivity index (χ4n) is 3.05. The fourth-order valence-corrected chi connectivity index (χ4v) is 4.99. The number of nitrogens with zero attached hydrogens (tertiary/aromatic N) is 1.